The number of carbonyl (C=O) groups excluding carboxylic acids is 1. The highest BCUT2D eigenvalue weighted by atomic mass is 127. The molecular formula is C10H10ClIN2OS. The number of thiocarbonyl (C=S) groups is 1. The van der Waals surface area contributed by atoms with Crippen LogP contribution in [0, 0.1) is 9.49 Å². The van der Waals surface area contributed by atoms with Gasteiger partial charge in [0.25, 0.3) is 0 Å². The predicted octanol–water partition coefficient (Wildman–Crippen LogP) is 2.81. The lowest BCUT2D eigenvalue weighted by atomic mass is 10.1. The highest BCUT2D eigenvalue weighted by Gasteiger charge is 2.16. The molecule has 0 aliphatic rings. The number of hydrogen-bond donors (Lipinski definition) is 2. The fraction of sp³-hybridized carbons (Fsp3) is 0.200. The number of benzene rings is 1. The van der Waals surface area contributed by atoms with E-state index in [2.05, 4.69) is 27.9 Å². The van der Waals surface area contributed by atoms with Crippen LogP contribution in [0.4, 0.5) is 5.69 Å². The van der Waals surface area contributed by atoms with Crippen molar-refractivity contribution >= 4 is 63.0 Å². The van der Waals surface area contributed by atoms with Crippen LogP contribution in [0.25, 0.3) is 0 Å². The van der Waals surface area contributed by atoms with Crippen LogP contribution in [0.1, 0.15) is 6.92 Å². The molecule has 0 fully saturated rings. The minimum Gasteiger partial charge on any atom is -0.393 e. The molecule has 86 valence electrons. The van der Waals surface area contributed by atoms with E-state index in [1.807, 2.05) is 6.07 Å². The Morgan fingerprint density at radius 2 is 2.25 bits per heavy atom. The number of anilines is 1. The molecule has 0 aliphatic carbocycles. The van der Waals surface area contributed by atoms with Gasteiger partial charge >= 0.3 is 0 Å². The van der Waals surface area contributed by atoms with Gasteiger partial charge in [0.15, 0.2) is 0 Å². The molecule has 0 heterocycles. The average molecular weight is 369 g/mol. The lowest BCUT2D eigenvalue weighted by Gasteiger charge is -2.11. The van der Waals surface area contributed by atoms with Crippen molar-refractivity contribution < 1.29 is 4.79 Å². The topological polar surface area (TPSA) is 55.1 Å². The van der Waals surface area contributed by atoms with E-state index in [0.717, 1.165) is 3.57 Å². The molecule has 0 spiro atoms. The molecule has 1 aromatic rings. The van der Waals surface area contributed by atoms with Crippen LogP contribution in [0.15, 0.2) is 18.2 Å². The summed E-state index contributed by atoms with van der Waals surface area (Å²) < 4.78 is 1.00. The molecule has 3 nitrogen and oxygen atoms in total. The first-order chi connectivity index (χ1) is 7.41. The largest absolute Gasteiger partial charge is 0.393 e. The lowest BCUT2D eigenvalue weighted by Crippen LogP contribution is -2.30. The van der Waals surface area contributed by atoms with Gasteiger partial charge < -0.3 is 11.1 Å². The Bertz CT molecular complexity index is 439. The van der Waals surface area contributed by atoms with Crippen molar-refractivity contribution in [1.29, 1.82) is 0 Å². The Kier molecular flexibility index (Phi) is 4.94. The van der Waals surface area contributed by atoms with Crippen LogP contribution in [-0.4, -0.2) is 10.9 Å². The van der Waals surface area contributed by atoms with Crippen LogP contribution in [0.2, 0.25) is 5.02 Å². The van der Waals surface area contributed by atoms with E-state index in [-0.39, 0.29) is 10.9 Å². The van der Waals surface area contributed by atoms with E-state index < -0.39 is 5.92 Å². The second kappa shape index (κ2) is 5.79. The fourth-order valence-electron chi connectivity index (χ4n) is 0.961. The summed E-state index contributed by atoms with van der Waals surface area (Å²) in [5.41, 5.74) is 5.95. The second-order valence-electron chi connectivity index (χ2n) is 3.24. The fourth-order valence-corrected chi connectivity index (χ4v) is 1.97. The molecule has 3 N–H and O–H groups in total. The van der Waals surface area contributed by atoms with E-state index in [1.165, 1.54) is 0 Å². The molecule has 0 aromatic heterocycles. The minimum atomic E-state index is -0.509. The van der Waals surface area contributed by atoms with Crippen LogP contribution in [0.3, 0.4) is 0 Å². The highest BCUT2D eigenvalue weighted by Crippen LogP contribution is 2.24. The summed E-state index contributed by atoms with van der Waals surface area (Å²) >= 11 is 12.9. The van der Waals surface area contributed by atoms with Gasteiger partial charge in [-0.1, -0.05) is 23.8 Å². The van der Waals surface area contributed by atoms with Gasteiger partial charge in [0.1, 0.15) is 0 Å². The third-order valence-electron chi connectivity index (χ3n) is 2.01. The van der Waals surface area contributed by atoms with Crippen molar-refractivity contribution in [3.8, 4) is 0 Å². The molecular weight excluding hydrogens is 359 g/mol. The van der Waals surface area contributed by atoms with Crippen LogP contribution in [-0.2, 0) is 4.79 Å². The summed E-state index contributed by atoms with van der Waals surface area (Å²) in [4.78, 5) is 11.8. The zero-order valence-corrected chi connectivity index (χ0v) is 12.2. The molecule has 6 heteroatoms. The van der Waals surface area contributed by atoms with Gasteiger partial charge in [-0.25, -0.2) is 0 Å². The standard InChI is InChI=1S/C10H10ClIN2OS/c1-5(9(13)16)10(15)14-8-3-2-6(12)4-7(8)11/h2-5H,1H3,(H2,13,16)(H,14,15). The zero-order chi connectivity index (χ0) is 12.3. The van der Waals surface area contributed by atoms with Crippen molar-refractivity contribution in [1.82, 2.24) is 0 Å². The van der Waals surface area contributed by atoms with E-state index in [1.54, 1.807) is 19.1 Å². The Labute approximate surface area is 118 Å². The van der Waals surface area contributed by atoms with Crippen molar-refractivity contribution in [2.24, 2.45) is 11.7 Å². The van der Waals surface area contributed by atoms with Crippen molar-refractivity contribution in [3.05, 3.63) is 26.8 Å². The summed E-state index contributed by atoms with van der Waals surface area (Å²) in [7, 11) is 0. The number of nitrogens with two attached hydrogens (primary N) is 1. The maximum atomic E-state index is 11.7. The molecule has 0 aliphatic heterocycles. The number of amides is 1. The first-order valence-electron chi connectivity index (χ1n) is 4.47. The van der Waals surface area contributed by atoms with Gasteiger partial charge in [0.05, 0.1) is 21.6 Å². The number of halogens is 2. The molecule has 1 amide bonds. The maximum absolute atomic E-state index is 11.7. The van der Waals surface area contributed by atoms with Gasteiger partial charge in [-0.2, -0.15) is 0 Å². The van der Waals surface area contributed by atoms with Crippen LogP contribution < -0.4 is 11.1 Å². The predicted molar refractivity (Wildman–Crippen MR) is 78.7 cm³/mol. The molecule has 1 unspecified atom stereocenters. The Balaban J connectivity index is 2.81. The quantitative estimate of drug-likeness (QED) is 0.637. The van der Waals surface area contributed by atoms with Crippen molar-refractivity contribution in [3.63, 3.8) is 0 Å². The minimum absolute atomic E-state index is 0.166. The van der Waals surface area contributed by atoms with Gasteiger partial charge in [-0.05, 0) is 47.7 Å². The average Bonchev–Trinajstić information content (AvgIpc) is 2.20. The third kappa shape index (κ3) is 3.57. The van der Waals surface area contributed by atoms with Gasteiger partial charge in [0, 0.05) is 3.57 Å². The molecule has 0 radical (unpaired) electrons. The smallest absolute Gasteiger partial charge is 0.234 e. The third-order valence-corrected chi connectivity index (χ3v) is 3.35. The summed E-state index contributed by atoms with van der Waals surface area (Å²) in [5, 5.41) is 3.17. The lowest BCUT2D eigenvalue weighted by molar-refractivity contribution is -0.117. The molecule has 16 heavy (non-hydrogen) atoms. The Morgan fingerprint density at radius 1 is 1.62 bits per heavy atom. The van der Waals surface area contributed by atoms with Crippen molar-refractivity contribution in [2.75, 3.05) is 5.32 Å². The zero-order valence-electron chi connectivity index (χ0n) is 8.46. The van der Waals surface area contributed by atoms with Crippen LogP contribution >= 0.6 is 46.4 Å². The second-order valence-corrected chi connectivity index (χ2v) is 5.36. The first kappa shape index (κ1) is 13.7. The maximum Gasteiger partial charge on any atom is 0.234 e. The number of hydrogen-bond acceptors (Lipinski definition) is 2. The monoisotopic (exact) mass is 368 g/mol. The Morgan fingerprint density at radius 3 is 2.75 bits per heavy atom. The summed E-state index contributed by atoms with van der Waals surface area (Å²) in [6.07, 6.45) is 0. The molecule has 1 aromatic carbocycles. The molecule has 0 saturated carbocycles. The van der Waals surface area contributed by atoms with Gasteiger partial charge in [-0.3, -0.25) is 4.79 Å². The van der Waals surface area contributed by atoms with E-state index in [0.29, 0.717) is 10.7 Å². The molecule has 0 saturated heterocycles. The summed E-state index contributed by atoms with van der Waals surface area (Å²) in [5.74, 6) is -0.763. The Hall–Kier alpha value is -0.400. The van der Waals surface area contributed by atoms with Gasteiger partial charge in [0.2, 0.25) is 5.91 Å². The number of nitrogens with one attached hydrogen (secondary N) is 1. The first-order valence-corrected chi connectivity index (χ1v) is 6.33. The number of rotatable bonds is 3. The summed E-state index contributed by atoms with van der Waals surface area (Å²) in [6, 6.07) is 5.37. The molecule has 1 atom stereocenters. The van der Waals surface area contributed by atoms with Crippen LogP contribution in [0.5, 0.6) is 0 Å². The van der Waals surface area contributed by atoms with E-state index in [4.69, 9.17) is 29.6 Å². The highest BCUT2D eigenvalue weighted by molar-refractivity contribution is 14.1. The normalized spacial score (nSPS) is 11.9. The molecule has 0 bridgehead atoms. The summed E-state index contributed by atoms with van der Waals surface area (Å²) in [6.45, 7) is 1.65. The molecule has 1 rings (SSSR count). The van der Waals surface area contributed by atoms with E-state index >= 15 is 0 Å². The van der Waals surface area contributed by atoms with Crippen molar-refractivity contribution in [2.45, 2.75) is 6.92 Å². The SMILES string of the molecule is CC(C(=O)Nc1ccc(I)cc1Cl)C(N)=S. The van der Waals surface area contributed by atoms with Gasteiger partial charge in [-0.15, -0.1) is 0 Å². The van der Waals surface area contributed by atoms with E-state index in [9.17, 15) is 4.79 Å². The number of carbonyl (C=O) groups is 1.